The Balaban J connectivity index is 1.63. The number of benzene rings is 1. The standard InChI is InChI=1S/C17H23NO3/c1-18-13-7-8-14(18)10-15(9-13)21-17(20)16(11-19)12-5-3-2-4-6-12/h2-6,13-16,19H,7-11H2,1H3/t13-,14+,15?,16-/m0/s1/i16+1,17+1. The number of rotatable bonds is 4. The lowest BCUT2D eigenvalue weighted by Gasteiger charge is -2.36. The summed E-state index contributed by atoms with van der Waals surface area (Å²) in [5.74, 6) is -0.860. The van der Waals surface area contributed by atoms with E-state index in [9.17, 15) is 9.90 Å². The first-order valence-electron chi connectivity index (χ1n) is 7.77. The van der Waals surface area contributed by atoms with E-state index in [1.807, 2.05) is 30.3 Å². The number of fused-ring (bicyclic) bond motifs is 2. The third-order valence-electron chi connectivity index (χ3n) is 5.01. The van der Waals surface area contributed by atoms with Gasteiger partial charge in [-0.05, 0) is 38.3 Å². The second kappa shape index (κ2) is 6.16. The van der Waals surface area contributed by atoms with Crippen molar-refractivity contribution < 1.29 is 14.6 Å². The number of carbonyl (C=O) groups is 1. The topological polar surface area (TPSA) is 49.8 Å². The Bertz CT molecular complexity index is 476. The predicted octanol–water partition coefficient (Wildman–Crippen LogP) is 1.93. The van der Waals surface area contributed by atoms with Gasteiger partial charge in [-0.3, -0.25) is 4.79 Å². The molecule has 0 spiro atoms. The Morgan fingerprint density at radius 3 is 2.48 bits per heavy atom. The molecule has 0 radical (unpaired) electrons. The van der Waals surface area contributed by atoms with Crippen molar-refractivity contribution in [3.8, 4) is 0 Å². The number of hydrogen-bond donors (Lipinski definition) is 1. The van der Waals surface area contributed by atoms with Gasteiger partial charge in [0.25, 0.3) is 0 Å². The molecule has 4 nitrogen and oxygen atoms in total. The minimum Gasteiger partial charge on any atom is -0.462 e. The van der Waals surface area contributed by atoms with E-state index in [0.29, 0.717) is 12.1 Å². The van der Waals surface area contributed by atoms with Gasteiger partial charge in [0.2, 0.25) is 0 Å². The average molecular weight is 291 g/mol. The number of piperidine rings is 1. The van der Waals surface area contributed by atoms with Crippen LogP contribution in [0.4, 0.5) is 0 Å². The Labute approximate surface area is 125 Å². The van der Waals surface area contributed by atoms with Gasteiger partial charge in [0.05, 0.1) is 6.61 Å². The van der Waals surface area contributed by atoms with Crippen LogP contribution in [0.1, 0.15) is 37.2 Å². The highest BCUT2D eigenvalue weighted by molar-refractivity contribution is 5.78. The zero-order valence-electron chi connectivity index (χ0n) is 12.4. The molecule has 21 heavy (non-hydrogen) atoms. The van der Waals surface area contributed by atoms with Gasteiger partial charge in [-0.1, -0.05) is 30.3 Å². The van der Waals surface area contributed by atoms with Crippen LogP contribution in [0.5, 0.6) is 0 Å². The van der Waals surface area contributed by atoms with E-state index in [1.54, 1.807) is 0 Å². The van der Waals surface area contributed by atoms with Gasteiger partial charge in [-0.15, -0.1) is 0 Å². The molecule has 1 aromatic carbocycles. The predicted molar refractivity (Wildman–Crippen MR) is 80.0 cm³/mol. The molecule has 4 heteroatoms. The molecule has 0 saturated carbocycles. The van der Waals surface area contributed by atoms with Crippen molar-refractivity contribution in [2.75, 3.05) is 13.7 Å². The first-order valence-corrected chi connectivity index (χ1v) is 7.77. The molecule has 0 amide bonds. The normalized spacial score (nSPS) is 30.1. The maximum absolute atomic E-state index is 12.4. The zero-order valence-corrected chi connectivity index (χ0v) is 12.4. The Kier molecular flexibility index (Phi) is 4.27. The van der Waals surface area contributed by atoms with Crippen molar-refractivity contribution in [2.45, 2.75) is 49.8 Å². The maximum Gasteiger partial charge on any atom is 0.316 e. The van der Waals surface area contributed by atoms with Crippen LogP contribution in [-0.4, -0.2) is 47.8 Å². The first-order chi connectivity index (χ1) is 10.2. The number of esters is 1. The minimum absolute atomic E-state index is 0.00367. The van der Waals surface area contributed by atoms with E-state index in [1.165, 1.54) is 12.8 Å². The van der Waals surface area contributed by atoms with E-state index in [0.717, 1.165) is 18.4 Å². The van der Waals surface area contributed by atoms with E-state index >= 15 is 0 Å². The molecule has 4 atom stereocenters. The monoisotopic (exact) mass is 291 g/mol. The third-order valence-corrected chi connectivity index (χ3v) is 5.01. The number of nitrogens with zero attached hydrogens (tertiary/aromatic N) is 1. The molecule has 2 saturated heterocycles. The highest BCUT2D eigenvalue weighted by atomic mass is 16.6. The van der Waals surface area contributed by atoms with Gasteiger partial charge >= 0.3 is 5.97 Å². The zero-order chi connectivity index (χ0) is 14.8. The van der Waals surface area contributed by atoms with Crippen LogP contribution < -0.4 is 0 Å². The lowest BCUT2D eigenvalue weighted by molar-refractivity contribution is -0.155. The molecular formula is C17H23NO3. The van der Waals surface area contributed by atoms with E-state index < -0.39 is 5.92 Å². The third kappa shape index (κ3) is 2.97. The summed E-state index contributed by atoms with van der Waals surface area (Å²) in [4.78, 5) is 14.8. The molecule has 2 fully saturated rings. The lowest BCUT2D eigenvalue weighted by Crippen LogP contribution is -2.43. The van der Waals surface area contributed by atoms with Crippen molar-refractivity contribution in [2.24, 2.45) is 0 Å². The van der Waals surface area contributed by atoms with Gasteiger partial charge in [-0.25, -0.2) is 0 Å². The quantitative estimate of drug-likeness (QED) is 0.680. The largest absolute Gasteiger partial charge is 0.462 e. The highest BCUT2D eigenvalue weighted by Crippen LogP contribution is 2.36. The van der Waals surface area contributed by atoms with E-state index in [-0.39, 0.29) is 18.7 Å². The molecule has 2 aliphatic heterocycles. The molecule has 0 aliphatic carbocycles. The van der Waals surface area contributed by atoms with Gasteiger partial charge in [0.15, 0.2) is 0 Å². The fourth-order valence-electron chi connectivity index (χ4n) is 3.71. The molecule has 3 rings (SSSR count). The molecule has 114 valence electrons. The fourth-order valence-corrected chi connectivity index (χ4v) is 3.71. The Hall–Kier alpha value is -1.39. The van der Waals surface area contributed by atoms with Gasteiger partial charge in [-0.2, -0.15) is 0 Å². The summed E-state index contributed by atoms with van der Waals surface area (Å²) >= 11 is 0. The summed E-state index contributed by atoms with van der Waals surface area (Å²) in [6.45, 7) is -0.206. The average Bonchev–Trinajstić information content (AvgIpc) is 2.72. The summed E-state index contributed by atoms with van der Waals surface area (Å²) in [5, 5.41) is 9.53. The van der Waals surface area contributed by atoms with Crippen LogP contribution in [0, 0.1) is 0 Å². The summed E-state index contributed by atoms with van der Waals surface area (Å²) < 4.78 is 5.70. The molecule has 2 bridgehead atoms. The van der Waals surface area contributed by atoms with Gasteiger partial charge in [0, 0.05) is 12.1 Å². The van der Waals surface area contributed by atoms with Crippen molar-refractivity contribution in [3.63, 3.8) is 0 Å². The number of carbonyl (C=O) groups excluding carboxylic acids is 1. The van der Waals surface area contributed by atoms with Crippen molar-refractivity contribution >= 4 is 5.97 Å². The maximum atomic E-state index is 12.4. The Morgan fingerprint density at radius 1 is 1.29 bits per heavy atom. The van der Waals surface area contributed by atoms with Crippen LogP contribution in [0.3, 0.4) is 0 Å². The lowest BCUT2D eigenvalue weighted by atomic mass is 10.0. The van der Waals surface area contributed by atoms with Crippen molar-refractivity contribution in [3.05, 3.63) is 35.9 Å². The van der Waals surface area contributed by atoms with Gasteiger partial charge < -0.3 is 14.7 Å². The van der Waals surface area contributed by atoms with Crippen LogP contribution in [0.25, 0.3) is 0 Å². The van der Waals surface area contributed by atoms with E-state index in [2.05, 4.69) is 11.9 Å². The minimum atomic E-state index is -0.566. The van der Waals surface area contributed by atoms with Crippen molar-refractivity contribution in [1.82, 2.24) is 4.90 Å². The summed E-state index contributed by atoms with van der Waals surface area (Å²) in [6, 6.07) is 10.5. The molecule has 2 heterocycles. The van der Waals surface area contributed by atoms with Crippen LogP contribution >= 0.6 is 0 Å². The number of ether oxygens (including phenoxy) is 1. The summed E-state index contributed by atoms with van der Waals surface area (Å²) in [7, 11) is 2.17. The van der Waals surface area contributed by atoms with Crippen LogP contribution in [-0.2, 0) is 9.53 Å². The molecule has 0 aromatic heterocycles. The molecular weight excluding hydrogens is 268 g/mol. The fraction of sp³-hybridized carbons (Fsp3) is 0.588. The molecule has 1 aromatic rings. The number of aliphatic hydroxyl groups excluding tert-OH is 1. The molecule has 1 N–H and O–H groups in total. The van der Waals surface area contributed by atoms with Crippen molar-refractivity contribution in [1.29, 1.82) is 0 Å². The molecule has 2 aliphatic rings. The Morgan fingerprint density at radius 2 is 1.90 bits per heavy atom. The first kappa shape index (κ1) is 14.5. The summed E-state index contributed by atoms with van der Waals surface area (Å²) in [5.41, 5.74) is 0.820. The second-order valence-corrected chi connectivity index (χ2v) is 6.23. The van der Waals surface area contributed by atoms with Crippen LogP contribution in [0.15, 0.2) is 30.3 Å². The SMILES string of the molecule is CN1[C@@H]2CC[C@H]1CC(O[13C](=O)[13C@@H](CO)c1ccccc1)C2. The van der Waals surface area contributed by atoms with Gasteiger partial charge in [0.1, 0.15) is 12.0 Å². The van der Waals surface area contributed by atoms with Crippen LogP contribution in [0.2, 0.25) is 0 Å². The molecule has 1 unspecified atom stereocenters. The number of hydrogen-bond acceptors (Lipinski definition) is 4. The number of aliphatic hydroxyl groups is 1. The summed E-state index contributed by atoms with van der Waals surface area (Å²) in [6.07, 6.45) is 4.26. The van der Waals surface area contributed by atoms with E-state index in [4.69, 9.17) is 4.74 Å². The smallest absolute Gasteiger partial charge is 0.316 e. The second-order valence-electron chi connectivity index (χ2n) is 6.23. The highest BCUT2D eigenvalue weighted by Gasteiger charge is 2.40.